The summed E-state index contributed by atoms with van der Waals surface area (Å²) in [6.07, 6.45) is 3.88. The van der Waals surface area contributed by atoms with E-state index in [0.717, 1.165) is 66.9 Å². The maximum absolute atomic E-state index is 12.8. The van der Waals surface area contributed by atoms with Gasteiger partial charge < -0.3 is 14.0 Å². The summed E-state index contributed by atoms with van der Waals surface area (Å²) in [6, 6.07) is 72.0. The molecule has 0 N–H and O–H groups in total. The second-order valence-corrected chi connectivity index (χ2v) is 39.4. The number of hydrogen-bond donors (Lipinski definition) is 0. The quantitative estimate of drug-likeness (QED) is 0.0821. The first-order valence-electron chi connectivity index (χ1n) is 28.1. The van der Waals surface area contributed by atoms with Gasteiger partial charge in [-0.2, -0.15) is 0 Å². The molecule has 0 bridgehead atoms. The zero-order valence-electron chi connectivity index (χ0n) is 48.5. The van der Waals surface area contributed by atoms with Crippen molar-refractivity contribution in [2.75, 3.05) is 0 Å². The van der Waals surface area contributed by atoms with E-state index in [-0.39, 0.29) is 43.6 Å². The number of halogens is 2. The average molecular weight is 1350 g/mol. The summed E-state index contributed by atoms with van der Waals surface area (Å²) in [5, 5.41) is 8.34. The minimum atomic E-state index is -1.79. The Hall–Kier alpha value is -7.66. The molecule has 0 saturated heterocycles. The molecule has 13 aromatic rings. The van der Waals surface area contributed by atoms with E-state index in [0.29, 0.717) is 0 Å². The van der Waals surface area contributed by atoms with Gasteiger partial charge in [0.25, 0.3) is 0 Å². The maximum atomic E-state index is 12.8. The largest absolute Gasteiger partial charge is 3.00 e. The summed E-state index contributed by atoms with van der Waals surface area (Å²) in [7, 11) is -1.30. The van der Waals surface area contributed by atoms with E-state index < -0.39 is 21.3 Å². The van der Waals surface area contributed by atoms with Crippen LogP contribution in [0.3, 0.4) is 0 Å². The van der Waals surface area contributed by atoms with Crippen molar-refractivity contribution < 1.29 is 33.3 Å². The molecule has 0 radical (unpaired) electrons. The van der Waals surface area contributed by atoms with E-state index in [1.54, 1.807) is 12.1 Å². The van der Waals surface area contributed by atoms with Gasteiger partial charge in [-0.25, -0.2) is 0 Å². The van der Waals surface area contributed by atoms with Crippen LogP contribution in [0.15, 0.2) is 205 Å². The average Bonchev–Trinajstić information content (AvgIpc) is 3.21. The van der Waals surface area contributed by atoms with Crippen LogP contribution in [0, 0.1) is 29.8 Å². The van der Waals surface area contributed by atoms with Crippen LogP contribution in [0.25, 0.3) is 105 Å². The normalized spacial score (nSPS) is 11.7. The van der Waals surface area contributed by atoms with Gasteiger partial charge in [-0.05, 0) is 103 Å². The monoisotopic (exact) mass is 1350 g/mol. The van der Waals surface area contributed by atoms with Crippen LogP contribution in [0.2, 0.25) is 36.9 Å². The predicted octanol–water partition coefficient (Wildman–Crippen LogP) is 19.1. The van der Waals surface area contributed by atoms with Gasteiger partial charge in [0.2, 0.25) is 0 Å². The molecule has 0 unspecified atom stereocenters. The molecule has 0 amide bonds. The van der Waals surface area contributed by atoms with Crippen LogP contribution in [0.4, 0.5) is 8.78 Å². The number of imidazole rings is 1. The van der Waals surface area contributed by atoms with Gasteiger partial charge in [-0.3, -0.25) is 9.37 Å². The van der Waals surface area contributed by atoms with Crippen molar-refractivity contribution >= 4 is 85.4 Å². The molecule has 4 heterocycles. The Balaban J connectivity index is 0.000000179. The third-order valence-electron chi connectivity index (χ3n) is 15.2. The van der Waals surface area contributed by atoms with Gasteiger partial charge in [0.15, 0.2) is 0 Å². The number of hydrogen-bond acceptors (Lipinski definition) is 4. The zero-order valence-corrected chi connectivity index (χ0v) is 54.0. The van der Waals surface area contributed by atoms with Gasteiger partial charge in [-0.15, -0.1) is 48.0 Å². The number of nitrogens with zero attached hydrogens (tertiary/aromatic N) is 4. The summed E-state index contributed by atoms with van der Waals surface area (Å²) in [4.78, 5) is 14.2. The standard InChI is InChI=1S/C45H35N2O.C14H15FGeN.C14H15FNSi.Ir/c1-27(2)36-24-32(29-13-6-5-7-14-29)25-37(28(3)4)43(36)47-41-20-11-10-19-40(41)46-45(47)35-18-12-17-34-39-23-31-22-21-30-15-8-9-16-33(30)38(31)26-42(39)48-44(34)35;1-16(2,3)13-8-9-14(17-10-13)11-4-6-12(15)7-5-11;1-17(2,3)13-8-9-14(16-10-13)11-4-6-12(15)7-5-11;/h5-17,19-28H,1-4H3;2*4,6-10H,1-3H3;/q3*-1;+3. The minimum absolute atomic E-state index is 0. The van der Waals surface area contributed by atoms with E-state index >= 15 is 0 Å². The van der Waals surface area contributed by atoms with E-state index in [2.05, 4.69) is 231 Å². The van der Waals surface area contributed by atoms with Crippen LogP contribution in [-0.2, 0) is 20.1 Å². The molecule has 0 aliphatic carbocycles. The predicted molar refractivity (Wildman–Crippen MR) is 344 cm³/mol. The fraction of sp³-hybridized carbons (Fsp3) is 0.164. The molecule has 414 valence electrons. The van der Waals surface area contributed by atoms with Crippen molar-refractivity contribution in [3.05, 3.63) is 241 Å². The first kappa shape index (κ1) is 58.5. The SMILES string of the molecule is CC(C)c1cc(-c2ccccc2)cc(C(C)C)c1-n1c(-c2[c-]ccc3c2oc2cc4c(ccc5ccccc54)cc23)nc2ccccc21.C[Si](C)(C)c1ccc(-c2[c-]cc(F)cc2)nc1.[CH3][Ge]([CH3])([CH3])[c]1ccc(-c2[c-]cc(F)cc2)nc1.[Ir+3]. The van der Waals surface area contributed by atoms with Crippen LogP contribution in [0.1, 0.15) is 50.7 Å². The van der Waals surface area contributed by atoms with Crippen LogP contribution >= 0.6 is 0 Å². The van der Waals surface area contributed by atoms with Crippen LogP contribution < -0.4 is 9.58 Å². The summed E-state index contributed by atoms with van der Waals surface area (Å²) >= 11 is -1.79. The first-order chi connectivity index (χ1) is 39.4. The second kappa shape index (κ2) is 24.3. The summed E-state index contributed by atoms with van der Waals surface area (Å²) < 4.78 is 36.1. The Labute approximate surface area is 503 Å². The molecule has 0 atom stereocenters. The fourth-order valence-electron chi connectivity index (χ4n) is 10.6. The van der Waals surface area contributed by atoms with E-state index in [1.165, 1.54) is 83.3 Å². The Morgan fingerprint density at radius 2 is 1.17 bits per heavy atom. The summed E-state index contributed by atoms with van der Waals surface area (Å²) in [6.45, 7) is 16.0. The molecular weight excluding hydrogens is 1280 g/mol. The fourth-order valence-corrected chi connectivity index (χ4v) is 13.8. The zero-order chi connectivity index (χ0) is 57.5. The van der Waals surface area contributed by atoms with Crippen molar-refractivity contribution in [2.45, 2.75) is 76.4 Å². The molecule has 10 heteroatoms. The van der Waals surface area contributed by atoms with Gasteiger partial charge >= 0.3 is 124 Å². The molecule has 13 rings (SSSR count). The molecule has 4 aromatic heterocycles. The molecule has 83 heavy (non-hydrogen) atoms. The Bertz CT molecular complexity index is 4290. The molecule has 0 saturated carbocycles. The Kier molecular flexibility index (Phi) is 17.1. The second-order valence-electron chi connectivity index (χ2n) is 23.7. The van der Waals surface area contributed by atoms with Crippen molar-refractivity contribution in [2.24, 2.45) is 0 Å². The van der Waals surface area contributed by atoms with Crippen molar-refractivity contribution in [3.63, 3.8) is 0 Å². The number of aromatic nitrogens is 4. The molecule has 0 spiro atoms. The third-order valence-corrected chi connectivity index (χ3v) is 21.5. The topological polar surface area (TPSA) is 56.7 Å². The Morgan fingerprint density at radius 3 is 1.76 bits per heavy atom. The third kappa shape index (κ3) is 12.4. The van der Waals surface area contributed by atoms with Gasteiger partial charge in [0.1, 0.15) is 5.58 Å². The molecule has 5 nitrogen and oxygen atoms in total. The maximum Gasteiger partial charge on any atom is 3.00 e. The van der Waals surface area contributed by atoms with Crippen LogP contribution in [0.5, 0.6) is 0 Å². The van der Waals surface area contributed by atoms with E-state index in [4.69, 9.17) is 9.40 Å². The molecule has 0 fully saturated rings. The van der Waals surface area contributed by atoms with Crippen molar-refractivity contribution in [3.8, 4) is 50.7 Å². The number of furan rings is 1. The number of rotatable bonds is 9. The molecule has 0 aliphatic rings. The van der Waals surface area contributed by atoms with E-state index in [1.807, 2.05) is 30.6 Å². The minimum Gasteiger partial charge on any atom is 3.00 e. The smallest absolute Gasteiger partial charge is 3.00 e. The summed E-state index contributed by atoms with van der Waals surface area (Å²) in [5.74, 6) is 7.86. The van der Waals surface area contributed by atoms with E-state index in [9.17, 15) is 8.78 Å². The van der Waals surface area contributed by atoms with Crippen LogP contribution in [-0.4, -0.2) is 40.9 Å². The number of para-hydroxylation sites is 2. The molecular formula is C73H65F2GeIrN4OSi. The molecule has 0 aliphatic heterocycles. The number of fused-ring (bicyclic) bond motifs is 7. The number of benzene rings is 9. The Morgan fingerprint density at radius 1 is 0.554 bits per heavy atom. The van der Waals surface area contributed by atoms with Gasteiger partial charge in [0.05, 0.1) is 30.5 Å². The van der Waals surface area contributed by atoms with Crippen molar-refractivity contribution in [1.82, 2.24) is 19.5 Å². The van der Waals surface area contributed by atoms with Crippen molar-refractivity contribution in [1.29, 1.82) is 0 Å². The van der Waals surface area contributed by atoms with Gasteiger partial charge in [0, 0.05) is 23.1 Å². The number of pyridine rings is 2. The first-order valence-corrected chi connectivity index (χ1v) is 38.9. The van der Waals surface area contributed by atoms with Gasteiger partial charge in [-0.1, -0.05) is 149 Å². The molecule has 9 aromatic carbocycles. The summed E-state index contributed by atoms with van der Waals surface area (Å²) in [5.41, 5.74) is 14.2.